The predicted octanol–water partition coefficient (Wildman–Crippen LogP) is 6.76. The van der Waals surface area contributed by atoms with Crippen LogP contribution in [0, 0.1) is 17.2 Å². The van der Waals surface area contributed by atoms with Crippen molar-refractivity contribution in [2.24, 2.45) is 5.92 Å². The predicted molar refractivity (Wildman–Crippen MR) is 220 cm³/mol. The minimum absolute atomic E-state index is 0.120. The van der Waals surface area contributed by atoms with E-state index >= 15 is 0 Å². The van der Waals surface area contributed by atoms with Gasteiger partial charge < -0.3 is 20.3 Å². The molecule has 0 radical (unpaired) electrons. The summed E-state index contributed by atoms with van der Waals surface area (Å²) in [6.45, 7) is 9.13. The van der Waals surface area contributed by atoms with Gasteiger partial charge in [-0.3, -0.25) is 34.3 Å². The fourth-order valence-electron chi connectivity index (χ4n) is 7.79. The molecule has 6 rings (SSSR count). The number of carbonyl (C=O) groups excluding carboxylic acids is 4. The number of rotatable bonds is 12. The summed E-state index contributed by atoms with van der Waals surface area (Å²) in [7, 11) is 0. The van der Waals surface area contributed by atoms with E-state index in [0.717, 1.165) is 55.1 Å². The fraction of sp³-hybridized carbons (Fsp3) is 0.463. The van der Waals surface area contributed by atoms with Crippen LogP contribution in [0.15, 0.2) is 48.7 Å². The van der Waals surface area contributed by atoms with Crippen molar-refractivity contribution < 1.29 is 37.1 Å². The molecule has 4 heterocycles. The second-order valence-electron chi connectivity index (χ2n) is 15.5. The van der Waals surface area contributed by atoms with Crippen LogP contribution in [0.4, 0.5) is 35.9 Å². The zero-order valence-corrected chi connectivity index (χ0v) is 34.7. The fourth-order valence-corrected chi connectivity index (χ4v) is 8.69. The molecule has 59 heavy (non-hydrogen) atoms. The van der Waals surface area contributed by atoms with E-state index in [9.17, 15) is 37.6 Å². The molecule has 3 aromatic rings. The molecule has 0 saturated carbocycles. The van der Waals surface area contributed by atoms with Gasteiger partial charge in [0.1, 0.15) is 23.4 Å². The highest BCUT2D eigenvalue weighted by molar-refractivity contribution is 7.81. The van der Waals surface area contributed by atoms with Crippen molar-refractivity contribution in [2.45, 2.75) is 95.5 Å². The number of aryl methyl sites for hydroxylation is 1. The number of benzene rings is 2. The summed E-state index contributed by atoms with van der Waals surface area (Å²) in [5, 5.41) is 17.9. The van der Waals surface area contributed by atoms with Crippen molar-refractivity contribution in [3.8, 4) is 11.8 Å². The smallest absolute Gasteiger partial charge is 0.419 e. The molecule has 3 saturated heterocycles. The number of carbonyl (C=O) groups is 4. The first kappa shape index (κ1) is 43.5. The van der Waals surface area contributed by atoms with Crippen LogP contribution in [-0.4, -0.2) is 76.3 Å². The number of amides is 4. The second kappa shape index (κ2) is 17.7. The average molecular weight is 855 g/mol. The van der Waals surface area contributed by atoms with E-state index in [1.54, 1.807) is 43.0 Å². The van der Waals surface area contributed by atoms with E-state index in [4.69, 9.17) is 29.0 Å². The Bertz CT molecular complexity index is 2160. The van der Waals surface area contributed by atoms with E-state index in [1.807, 2.05) is 26.0 Å². The number of hydrogen-bond donors (Lipinski definition) is 4. The molecule has 3 N–H and O–H groups in total. The summed E-state index contributed by atoms with van der Waals surface area (Å²) in [6.07, 6.45) is 0.0200. The Labute approximate surface area is 351 Å². The van der Waals surface area contributed by atoms with Gasteiger partial charge in [-0.15, -0.1) is 12.6 Å². The van der Waals surface area contributed by atoms with Gasteiger partial charge >= 0.3 is 6.18 Å². The summed E-state index contributed by atoms with van der Waals surface area (Å²) in [4.78, 5) is 59.4. The number of imide groups is 1. The number of anilines is 4. The van der Waals surface area contributed by atoms with Gasteiger partial charge in [-0.05, 0) is 120 Å². The van der Waals surface area contributed by atoms with Crippen LogP contribution >= 0.6 is 24.2 Å². The second-order valence-corrected chi connectivity index (χ2v) is 16.4. The molecule has 3 aliphatic rings. The van der Waals surface area contributed by atoms with Gasteiger partial charge in [-0.2, -0.15) is 18.4 Å². The Morgan fingerprint density at radius 1 is 1.10 bits per heavy atom. The third-order valence-corrected chi connectivity index (χ3v) is 11.9. The SMILES string of the molecule is CCc1cc(N2[C@@H](S)N(c3cnc(C#N)c(C(F)(F)F)c3)C(=O)C2(C)C)ccc1OCCC1CCN([C@H](C)C(=O)Nc2cc(Cl)cc(N[C@@H]3CCC(=O)NC3=O)c2)CC1. The Morgan fingerprint density at radius 2 is 1.81 bits per heavy atom. The minimum atomic E-state index is -4.84. The lowest BCUT2D eigenvalue weighted by atomic mass is 9.93. The molecule has 1 aromatic heterocycles. The van der Waals surface area contributed by atoms with E-state index in [2.05, 4.69) is 25.8 Å². The van der Waals surface area contributed by atoms with Crippen LogP contribution in [0.1, 0.15) is 76.6 Å². The average Bonchev–Trinajstić information content (AvgIpc) is 3.36. The van der Waals surface area contributed by atoms with E-state index < -0.39 is 52.4 Å². The summed E-state index contributed by atoms with van der Waals surface area (Å²) < 4.78 is 47.5. The summed E-state index contributed by atoms with van der Waals surface area (Å²) in [5.41, 5.74) is -1.72. The highest BCUT2D eigenvalue weighted by Gasteiger charge is 2.52. The maximum atomic E-state index is 13.8. The number of hydrogen-bond acceptors (Lipinski definition) is 11. The molecule has 314 valence electrons. The topological polar surface area (TPSA) is 160 Å². The molecular weight excluding hydrogens is 809 g/mol. The van der Waals surface area contributed by atoms with E-state index in [-0.39, 0.29) is 23.9 Å². The Balaban J connectivity index is 1.01. The molecule has 2 aromatic carbocycles. The number of nitrogens with zero attached hydrogens (tertiary/aromatic N) is 5. The maximum absolute atomic E-state index is 13.8. The van der Waals surface area contributed by atoms with Gasteiger partial charge in [-0.1, -0.05) is 18.5 Å². The van der Waals surface area contributed by atoms with E-state index in [1.165, 1.54) is 6.07 Å². The van der Waals surface area contributed by atoms with Gasteiger partial charge in [0.2, 0.25) is 17.7 Å². The zero-order valence-electron chi connectivity index (χ0n) is 33.0. The zero-order chi connectivity index (χ0) is 42.8. The molecule has 18 heteroatoms. The highest BCUT2D eigenvalue weighted by Crippen LogP contribution is 2.43. The number of aromatic nitrogens is 1. The number of alkyl halides is 3. The molecule has 4 amide bonds. The Morgan fingerprint density at radius 3 is 2.47 bits per heavy atom. The highest BCUT2D eigenvalue weighted by atomic mass is 35.5. The number of ether oxygens (including phenoxy) is 1. The number of piperidine rings is 2. The third-order valence-electron chi connectivity index (χ3n) is 11.2. The van der Waals surface area contributed by atoms with Gasteiger partial charge in [-0.25, -0.2) is 4.98 Å². The van der Waals surface area contributed by atoms with Crippen molar-refractivity contribution in [1.29, 1.82) is 5.26 Å². The van der Waals surface area contributed by atoms with Crippen LogP contribution in [0.2, 0.25) is 5.02 Å². The molecule has 3 aliphatic heterocycles. The molecule has 3 fully saturated rings. The van der Waals surface area contributed by atoms with E-state index in [0.29, 0.717) is 53.2 Å². The third kappa shape index (κ3) is 9.55. The van der Waals surface area contributed by atoms with Crippen LogP contribution in [-0.2, 0) is 31.8 Å². The summed E-state index contributed by atoms with van der Waals surface area (Å²) >= 11 is 11.0. The normalized spacial score (nSPS) is 20.6. The van der Waals surface area contributed by atoms with Gasteiger partial charge in [0.15, 0.2) is 11.2 Å². The molecule has 13 nitrogen and oxygen atoms in total. The number of nitriles is 1. The standard InChI is InChI=1S/C41H46ClF3N8O5S/c1-5-25-16-29(53-39(59)52(38(57)40(53,3)4)30-20-31(41(43,44)45)33(21-46)47-22-30)6-8-34(25)58-15-12-24-10-13-51(14-11-24)23(2)36(55)49-28-18-26(42)17-27(19-28)48-32-7-9-35(54)50-37(32)56/h6,8,16-20,22-24,32,39,48,59H,5,7,9-15H2,1-4H3,(H,49,55)(H,50,54,56)/t23-,32-,39+/m1/s1. The molecule has 0 spiro atoms. The van der Waals surface area contributed by atoms with Crippen molar-refractivity contribution in [3.63, 3.8) is 0 Å². The van der Waals surface area contributed by atoms with Gasteiger partial charge in [0.25, 0.3) is 5.91 Å². The Hall–Kier alpha value is -5.05. The van der Waals surface area contributed by atoms with Gasteiger partial charge in [0, 0.05) is 28.5 Å². The lowest BCUT2D eigenvalue weighted by molar-refractivity contribution is -0.138. The summed E-state index contributed by atoms with van der Waals surface area (Å²) in [5.74, 6) is -0.292. The quantitative estimate of drug-likeness (QED) is 0.113. The largest absolute Gasteiger partial charge is 0.493 e. The first-order valence-electron chi connectivity index (χ1n) is 19.4. The lowest BCUT2D eigenvalue weighted by Gasteiger charge is -2.35. The number of likely N-dealkylation sites (tertiary alicyclic amines) is 1. The van der Waals surface area contributed by atoms with Crippen molar-refractivity contribution >= 4 is 70.6 Å². The number of thiol groups is 1. The van der Waals surface area contributed by atoms with Crippen LogP contribution in [0.5, 0.6) is 5.75 Å². The first-order chi connectivity index (χ1) is 27.9. The minimum Gasteiger partial charge on any atom is -0.493 e. The summed E-state index contributed by atoms with van der Waals surface area (Å²) in [6, 6.07) is 11.8. The number of pyridine rings is 1. The molecule has 0 aliphatic carbocycles. The van der Waals surface area contributed by atoms with Crippen molar-refractivity contribution in [2.75, 3.05) is 40.1 Å². The monoisotopic (exact) mass is 854 g/mol. The van der Waals surface area contributed by atoms with Crippen molar-refractivity contribution in [3.05, 3.63) is 70.5 Å². The van der Waals surface area contributed by atoms with Crippen LogP contribution < -0.4 is 30.5 Å². The van der Waals surface area contributed by atoms with Crippen molar-refractivity contribution in [1.82, 2.24) is 15.2 Å². The number of nitrogens with one attached hydrogen (secondary N) is 3. The van der Waals surface area contributed by atoms with Gasteiger partial charge in [0.05, 0.1) is 30.1 Å². The van der Waals surface area contributed by atoms with Crippen LogP contribution in [0.3, 0.4) is 0 Å². The Kier molecular flexibility index (Phi) is 13.0. The molecular formula is C41H46ClF3N8O5S. The molecule has 0 bridgehead atoms. The maximum Gasteiger partial charge on any atom is 0.419 e. The molecule has 0 unspecified atom stereocenters. The lowest BCUT2D eigenvalue weighted by Crippen LogP contribution is -2.47. The molecule has 3 atom stereocenters. The number of halogens is 4. The first-order valence-corrected chi connectivity index (χ1v) is 20.3. The van der Waals surface area contributed by atoms with Crippen LogP contribution in [0.25, 0.3) is 0 Å².